The van der Waals surface area contributed by atoms with Crippen LogP contribution in [0.1, 0.15) is 16.8 Å². The minimum absolute atomic E-state index is 0.212. The molecule has 2 aliphatic rings. The molecule has 6 rings (SSSR count). The predicted octanol–water partition coefficient (Wildman–Crippen LogP) is 4.31. The molecule has 3 N–H and O–H groups in total. The minimum Gasteiger partial charge on any atom is -0.481 e. The summed E-state index contributed by atoms with van der Waals surface area (Å²) < 4.78 is 0. The maximum absolute atomic E-state index is 11.0. The number of benzene rings is 2. The topological polar surface area (TPSA) is 92.3 Å². The normalized spacial score (nSPS) is 17.2. The Hall–Kier alpha value is -3.55. The van der Waals surface area contributed by atoms with Gasteiger partial charge in [0.25, 0.3) is 0 Å². The molecule has 7 heteroatoms. The van der Waals surface area contributed by atoms with Gasteiger partial charge in [0, 0.05) is 30.9 Å². The molecule has 0 unspecified atom stereocenters. The summed E-state index contributed by atoms with van der Waals surface area (Å²) in [5.41, 5.74) is 11.9. The number of carbonyl (C=O) groups is 1. The number of hydrogen-bond donors (Lipinski definition) is 2. The van der Waals surface area contributed by atoms with E-state index in [-0.39, 0.29) is 11.3 Å². The lowest BCUT2D eigenvalue weighted by atomic mass is 9.89. The van der Waals surface area contributed by atoms with Gasteiger partial charge in [-0.1, -0.05) is 59.9 Å². The van der Waals surface area contributed by atoms with Crippen LogP contribution < -0.4 is 5.73 Å². The summed E-state index contributed by atoms with van der Waals surface area (Å²) in [6.07, 6.45) is 4.37. The van der Waals surface area contributed by atoms with Gasteiger partial charge in [-0.25, -0.2) is 9.97 Å². The Bertz CT molecular complexity index is 1400. The average Bonchev–Trinajstić information content (AvgIpc) is 3.49. The number of carboxylic acid groups (broad SMARTS) is 1. The van der Waals surface area contributed by atoms with Gasteiger partial charge in [-0.2, -0.15) is 0 Å². The van der Waals surface area contributed by atoms with Gasteiger partial charge in [0.05, 0.1) is 17.0 Å². The first-order chi connectivity index (χ1) is 16.0. The van der Waals surface area contributed by atoms with Crippen LogP contribution in [0.3, 0.4) is 0 Å². The molecular weight excluding hydrogens is 432 g/mol. The highest BCUT2D eigenvalue weighted by Crippen LogP contribution is 2.45. The number of rotatable bonds is 6. The van der Waals surface area contributed by atoms with E-state index in [0.29, 0.717) is 25.3 Å². The Kier molecular flexibility index (Phi) is 4.57. The molecular formula is C26H22N4O2S. The smallest absolute Gasteiger partial charge is 0.309 e. The highest BCUT2D eigenvalue weighted by Gasteiger charge is 2.39. The molecule has 0 amide bonds. The summed E-state index contributed by atoms with van der Waals surface area (Å²) in [6.45, 7) is 1.87. The van der Waals surface area contributed by atoms with Crippen LogP contribution in [0.4, 0.5) is 5.69 Å². The Morgan fingerprint density at radius 1 is 1.09 bits per heavy atom. The predicted molar refractivity (Wildman–Crippen MR) is 130 cm³/mol. The fourth-order valence-corrected chi connectivity index (χ4v) is 5.47. The van der Waals surface area contributed by atoms with Gasteiger partial charge in [0.2, 0.25) is 0 Å². The molecule has 33 heavy (non-hydrogen) atoms. The molecule has 2 aromatic heterocycles. The van der Waals surface area contributed by atoms with Gasteiger partial charge in [-0.05, 0) is 35.4 Å². The van der Waals surface area contributed by atoms with E-state index in [0.717, 1.165) is 32.2 Å². The van der Waals surface area contributed by atoms with Crippen LogP contribution in [0.15, 0.2) is 72.8 Å². The summed E-state index contributed by atoms with van der Waals surface area (Å²) in [5, 5.41) is 9.90. The molecule has 0 atom stereocenters. The number of hydrogen-bond acceptors (Lipinski definition) is 6. The Morgan fingerprint density at radius 3 is 2.58 bits per heavy atom. The van der Waals surface area contributed by atoms with Crippen LogP contribution in [-0.4, -0.2) is 39.0 Å². The van der Waals surface area contributed by atoms with Crippen molar-refractivity contribution in [1.29, 1.82) is 0 Å². The van der Waals surface area contributed by atoms with Gasteiger partial charge in [0.15, 0.2) is 0 Å². The van der Waals surface area contributed by atoms with Crippen molar-refractivity contribution < 1.29 is 9.90 Å². The molecule has 0 bridgehead atoms. The van der Waals surface area contributed by atoms with Crippen LogP contribution in [0.5, 0.6) is 0 Å². The van der Waals surface area contributed by atoms with Gasteiger partial charge >= 0.3 is 5.97 Å². The second kappa shape index (κ2) is 7.50. The molecule has 1 aliphatic carbocycles. The van der Waals surface area contributed by atoms with Crippen molar-refractivity contribution in [2.45, 2.75) is 12.0 Å². The number of anilines is 1. The maximum atomic E-state index is 11.0. The minimum atomic E-state index is -0.721. The van der Waals surface area contributed by atoms with E-state index in [1.165, 1.54) is 5.56 Å². The number of pyridine rings is 1. The van der Waals surface area contributed by atoms with Gasteiger partial charge in [0.1, 0.15) is 15.4 Å². The number of nitrogens with zero attached hydrogens (tertiary/aromatic N) is 3. The molecule has 1 fully saturated rings. The van der Waals surface area contributed by atoms with Crippen LogP contribution in [-0.2, 0) is 16.8 Å². The zero-order valence-electron chi connectivity index (χ0n) is 17.8. The van der Waals surface area contributed by atoms with Crippen LogP contribution >= 0.6 is 11.3 Å². The number of nitrogens with two attached hydrogens (primary N) is 1. The maximum Gasteiger partial charge on any atom is 0.309 e. The van der Waals surface area contributed by atoms with Gasteiger partial charge < -0.3 is 10.8 Å². The summed E-state index contributed by atoms with van der Waals surface area (Å²) in [7, 11) is 0. The molecule has 3 heterocycles. The number of allylic oxidation sites excluding steroid dienone is 2. The highest BCUT2D eigenvalue weighted by molar-refractivity contribution is 7.21. The number of aliphatic carboxylic acids is 1. The molecule has 0 radical (unpaired) electrons. The second-order valence-electron chi connectivity index (χ2n) is 8.76. The Balaban J connectivity index is 1.25. The van der Waals surface area contributed by atoms with Crippen LogP contribution in [0.2, 0.25) is 0 Å². The van der Waals surface area contributed by atoms with Gasteiger partial charge in [-0.3, -0.25) is 9.69 Å². The molecule has 1 saturated heterocycles. The van der Waals surface area contributed by atoms with Crippen molar-refractivity contribution in [2.24, 2.45) is 5.92 Å². The first kappa shape index (κ1) is 20.1. The molecule has 4 aromatic rings. The third-order valence-corrected chi connectivity index (χ3v) is 7.49. The molecule has 6 nitrogen and oxygen atoms in total. The fourth-order valence-electron chi connectivity index (χ4n) is 4.49. The summed E-state index contributed by atoms with van der Waals surface area (Å²) in [5.74, 6) is -0.977. The molecule has 164 valence electrons. The number of aromatic nitrogens is 2. The number of carboxylic acids is 1. The van der Waals surface area contributed by atoms with E-state index in [9.17, 15) is 4.79 Å². The van der Waals surface area contributed by atoms with Crippen molar-refractivity contribution in [3.63, 3.8) is 0 Å². The monoisotopic (exact) mass is 454 g/mol. The summed E-state index contributed by atoms with van der Waals surface area (Å²) >= 11 is 1.55. The Morgan fingerprint density at radius 2 is 1.88 bits per heavy atom. The lowest BCUT2D eigenvalue weighted by Crippen LogP contribution is -2.49. The zero-order chi connectivity index (χ0) is 22.6. The molecule has 0 saturated carbocycles. The second-order valence-corrected chi connectivity index (χ2v) is 9.74. The zero-order valence-corrected chi connectivity index (χ0v) is 18.6. The fraction of sp³-hybridized carbons (Fsp3) is 0.192. The van der Waals surface area contributed by atoms with Crippen molar-refractivity contribution in [3.8, 4) is 10.6 Å². The largest absolute Gasteiger partial charge is 0.481 e. The van der Waals surface area contributed by atoms with E-state index in [1.54, 1.807) is 11.3 Å². The molecule has 1 aliphatic heterocycles. The quantitative estimate of drug-likeness (QED) is 0.333. The van der Waals surface area contributed by atoms with E-state index < -0.39 is 5.97 Å². The number of likely N-dealkylation sites (tertiary alicyclic amines) is 1. The molecule has 2 aromatic carbocycles. The van der Waals surface area contributed by atoms with Crippen LogP contribution in [0, 0.1) is 5.92 Å². The molecule has 0 spiro atoms. The summed E-state index contributed by atoms with van der Waals surface area (Å²) in [6, 6.07) is 20.5. The van der Waals surface area contributed by atoms with Gasteiger partial charge in [-0.15, -0.1) is 0 Å². The van der Waals surface area contributed by atoms with E-state index in [4.69, 9.17) is 20.8 Å². The SMILES string of the molecule is Nc1cc(CN2CC(C(=O)O)C2)ccc1-c1nc2ccc(C3(c4ccccc4)C=C3)nc2s1. The first-order valence-corrected chi connectivity index (χ1v) is 11.7. The standard InChI is InChI=1S/C26H22N4O2S/c27-20-12-16(13-30-14-17(15-30)25(31)32)6-7-19(20)23-28-21-8-9-22(29-24(21)33-23)26(10-11-26)18-4-2-1-3-5-18/h1-12,17H,13-15,27H2,(H,31,32). The van der Waals surface area contributed by atoms with Crippen molar-refractivity contribution in [3.05, 3.63) is 89.6 Å². The van der Waals surface area contributed by atoms with Crippen molar-refractivity contribution >= 4 is 33.3 Å². The Labute approximate surface area is 195 Å². The third-order valence-electron chi connectivity index (χ3n) is 6.49. The lowest BCUT2D eigenvalue weighted by molar-refractivity contribution is -0.147. The number of thiazole rings is 1. The van der Waals surface area contributed by atoms with Crippen molar-refractivity contribution in [2.75, 3.05) is 18.8 Å². The lowest BCUT2D eigenvalue weighted by Gasteiger charge is -2.36. The van der Waals surface area contributed by atoms with E-state index in [2.05, 4.69) is 47.4 Å². The van der Waals surface area contributed by atoms with E-state index in [1.807, 2.05) is 30.3 Å². The third kappa shape index (κ3) is 3.50. The van der Waals surface area contributed by atoms with E-state index >= 15 is 0 Å². The van der Waals surface area contributed by atoms with Crippen molar-refractivity contribution in [1.82, 2.24) is 14.9 Å². The average molecular weight is 455 g/mol. The number of nitrogen functional groups attached to an aromatic ring is 1. The first-order valence-electron chi connectivity index (χ1n) is 10.9. The number of fused-ring (bicyclic) bond motifs is 1. The van der Waals surface area contributed by atoms with Crippen LogP contribution in [0.25, 0.3) is 20.9 Å². The highest BCUT2D eigenvalue weighted by atomic mass is 32.1. The summed E-state index contributed by atoms with van der Waals surface area (Å²) in [4.78, 5) is 23.8.